The van der Waals surface area contributed by atoms with E-state index in [1.165, 1.54) is 45.4 Å². The van der Waals surface area contributed by atoms with Crippen LogP contribution in [0.15, 0.2) is 0 Å². The summed E-state index contributed by atoms with van der Waals surface area (Å²) < 4.78 is 0. The van der Waals surface area contributed by atoms with Gasteiger partial charge >= 0.3 is 0 Å². The van der Waals surface area contributed by atoms with Gasteiger partial charge in [-0.25, -0.2) is 0 Å². The lowest BCUT2D eigenvalue weighted by molar-refractivity contribution is 0.0897. The van der Waals surface area contributed by atoms with E-state index in [0.717, 1.165) is 12.6 Å². The summed E-state index contributed by atoms with van der Waals surface area (Å²) in [5, 5.41) is 3.63. The fourth-order valence-corrected chi connectivity index (χ4v) is 3.15. The van der Waals surface area contributed by atoms with Crippen LogP contribution in [0.1, 0.15) is 53.9 Å². The third kappa shape index (κ3) is 5.71. The second kappa shape index (κ2) is 8.35. The van der Waals surface area contributed by atoms with E-state index in [9.17, 15) is 0 Å². The highest BCUT2D eigenvalue weighted by Crippen LogP contribution is 2.25. The van der Waals surface area contributed by atoms with E-state index in [0.29, 0.717) is 11.5 Å². The molecule has 1 aliphatic heterocycles. The van der Waals surface area contributed by atoms with E-state index in [-0.39, 0.29) is 0 Å². The van der Waals surface area contributed by atoms with Crippen molar-refractivity contribution in [2.75, 3.05) is 39.8 Å². The smallest absolute Gasteiger partial charge is 0.0117 e. The molecule has 20 heavy (non-hydrogen) atoms. The molecule has 1 fully saturated rings. The van der Waals surface area contributed by atoms with Gasteiger partial charge in [-0.05, 0) is 51.4 Å². The van der Waals surface area contributed by atoms with Crippen molar-refractivity contribution in [2.45, 2.75) is 66.0 Å². The van der Waals surface area contributed by atoms with Crippen LogP contribution in [0.3, 0.4) is 0 Å². The van der Waals surface area contributed by atoms with E-state index in [1.54, 1.807) is 0 Å². The second-order valence-corrected chi connectivity index (χ2v) is 7.28. The van der Waals surface area contributed by atoms with Crippen LogP contribution < -0.4 is 5.32 Å². The maximum atomic E-state index is 3.63. The normalized spacial score (nSPS) is 21.6. The summed E-state index contributed by atoms with van der Waals surface area (Å²) in [6.45, 7) is 17.6. The highest BCUT2D eigenvalue weighted by Gasteiger charge is 2.28. The molecule has 1 N–H and O–H groups in total. The van der Waals surface area contributed by atoms with Crippen molar-refractivity contribution in [3.8, 4) is 0 Å². The topological polar surface area (TPSA) is 18.5 Å². The van der Waals surface area contributed by atoms with Gasteiger partial charge in [0.05, 0.1) is 0 Å². The van der Waals surface area contributed by atoms with Gasteiger partial charge in [0.25, 0.3) is 0 Å². The lowest BCUT2D eigenvalue weighted by Gasteiger charge is -2.41. The predicted octanol–water partition coefficient (Wildman–Crippen LogP) is 2.82. The Morgan fingerprint density at radius 2 is 1.85 bits per heavy atom. The summed E-state index contributed by atoms with van der Waals surface area (Å²) in [5.74, 6) is 0. The SMILES string of the molecule is CCN1CCC(N(C)CC(C)(CC)CNC(C)C)CC1. The number of likely N-dealkylation sites (tertiary alicyclic amines) is 1. The third-order valence-corrected chi connectivity index (χ3v) is 5.05. The van der Waals surface area contributed by atoms with Crippen LogP contribution in [0, 0.1) is 5.41 Å². The Morgan fingerprint density at radius 1 is 1.25 bits per heavy atom. The Balaban J connectivity index is 2.44. The predicted molar refractivity (Wildman–Crippen MR) is 89.3 cm³/mol. The number of nitrogens with zero attached hydrogens (tertiary/aromatic N) is 2. The number of hydrogen-bond donors (Lipinski definition) is 1. The Labute approximate surface area is 127 Å². The Hall–Kier alpha value is -0.120. The zero-order chi connectivity index (χ0) is 15.2. The molecule has 1 heterocycles. The molecule has 1 aliphatic rings. The zero-order valence-electron chi connectivity index (χ0n) is 14.7. The van der Waals surface area contributed by atoms with Crippen molar-refractivity contribution in [1.82, 2.24) is 15.1 Å². The Bertz CT molecular complexity index is 259. The molecule has 120 valence electrons. The van der Waals surface area contributed by atoms with Crippen molar-refractivity contribution >= 4 is 0 Å². The third-order valence-electron chi connectivity index (χ3n) is 5.05. The highest BCUT2D eigenvalue weighted by atomic mass is 15.2. The molecule has 0 radical (unpaired) electrons. The van der Waals surface area contributed by atoms with Crippen molar-refractivity contribution in [3.63, 3.8) is 0 Å². The van der Waals surface area contributed by atoms with Crippen molar-refractivity contribution in [3.05, 3.63) is 0 Å². The van der Waals surface area contributed by atoms with Gasteiger partial charge in [-0.1, -0.05) is 34.6 Å². The quantitative estimate of drug-likeness (QED) is 0.739. The van der Waals surface area contributed by atoms with E-state index >= 15 is 0 Å². The van der Waals surface area contributed by atoms with Gasteiger partial charge in [-0.2, -0.15) is 0 Å². The van der Waals surface area contributed by atoms with E-state index in [1.807, 2.05) is 0 Å². The lowest BCUT2D eigenvalue weighted by atomic mass is 9.85. The summed E-state index contributed by atoms with van der Waals surface area (Å²) in [6, 6.07) is 1.36. The van der Waals surface area contributed by atoms with Gasteiger partial charge in [0.1, 0.15) is 0 Å². The first-order chi connectivity index (χ1) is 9.40. The van der Waals surface area contributed by atoms with Gasteiger partial charge in [0.2, 0.25) is 0 Å². The van der Waals surface area contributed by atoms with Gasteiger partial charge in [0, 0.05) is 25.2 Å². The minimum Gasteiger partial charge on any atom is -0.314 e. The summed E-state index contributed by atoms with van der Waals surface area (Å²) in [7, 11) is 2.33. The van der Waals surface area contributed by atoms with Crippen LogP contribution in [0.2, 0.25) is 0 Å². The highest BCUT2D eigenvalue weighted by molar-refractivity contribution is 4.84. The molecular formula is C17H37N3. The average molecular weight is 284 g/mol. The summed E-state index contributed by atoms with van der Waals surface area (Å²) in [5.41, 5.74) is 0.390. The molecule has 0 aromatic rings. The Morgan fingerprint density at radius 3 is 2.30 bits per heavy atom. The summed E-state index contributed by atoms with van der Waals surface area (Å²) in [6.07, 6.45) is 3.91. The van der Waals surface area contributed by atoms with Crippen molar-refractivity contribution in [1.29, 1.82) is 0 Å². The first kappa shape index (κ1) is 17.9. The molecule has 0 bridgehead atoms. The zero-order valence-corrected chi connectivity index (χ0v) is 14.7. The number of hydrogen-bond acceptors (Lipinski definition) is 3. The van der Waals surface area contributed by atoms with Gasteiger partial charge in [-0.3, -0.25) is 0 Å². The van der Waals surface area contributed by atoms with Crippen LogP contribution in [0.4, 0.5) is 0 Å². The summed E-state index contributed by atoms with van der Waals surface area (Å²) >= 11 is 0. The number of piperidine rings is 1. The molecular weight excluding hydrogens is 246 g/mol. The molecule has 0 aliphatic carbocycles. The largest absolute Gasteiger partial charge is 0.314 e. The maximum absolute atomic E-state index is 3.63. The molecule has 1 saturated heterocycles. The van der Waals surface area contributed by atoms with E-state index in [2.05, 4.69) is 56.8 Å². The molecule has 0 saturated carbocycles. The van der Waals surface area contributed by atoms with Gasteiger partial charge < -0.3 is 15.1 Å². The molecule has 0 amide bonds. The van der Waals surface area contributed by atoms with Crippen LogP contribution >= 0.6 is 0 Å². The molecule has 1 unspecified atom stereocenters. The van der Waals surface area contributed by atoms with Crippen molar-refractivity contribution < 1.29 is 0 Å². The van der Waals surface area contributed by atoms with Crippen LogP contribution in [-0.2, 0) is 0 Å². The number of nitrogens with one attached hydrogen (secondary N) is 1. The van der Waals surface area contributed by atoms with E-state index in [4.69, 9.17) is 0 Å². The van der Waals surface area contributed by atoms with Crippen LogP contribution in [-0.4, -0.2) is 61.7 Å². The molecule has 3 heteroatoms. The minimum atomic E-state index is 0.390. The lowest BCUT2D eigenvalue weighted by Crippen LogP contribution is -2.48. The van der Waals surface area contributed by atoms with Crippen molar-refractivity contribution in [2.24, 2.45) is 5.41 Å². The summed E-state index contributed by atoms with van der Waals surface area (Å²) in [4.78, 5) is 5.20. The molecule has 3 nitrogen and oxygen atoms in total. The second-order valence-electron chi connectivity index (χ2n) is 7.28. The Kier molecular flexibility index (Phi) is 7.49. The maximum Gasteiger partial charge on any atom is 0.0117 e. The fourth-order valence-electron chi connectivity index (χ4n) is 3.15. The van der Waals surface area contributed by atoms with Crippen LogP contribution in [0.25, 0.3) is 0 Å². The van der Waals surface area contributed by atoms with E-state index < -0.39 is 0 Å². The molecule has 1 atom stereocenters. The number of rotatable bonds is 8. The average Bonchev–Trinajstić information content (AvgIpc) is 2.45. The van der Waals surface area contributed by atoms with Gasteiger partial charge in [-0.15, -0.1) is 0 Å². The molecule has 0 spiro atoms. The molecule has 0 aromatic carbocycles. The first-order valence-corrected chi connectivity index (χ1v) is 8.56. The first-order valence-electron chi connectivity index (χ1n) is 8.56. The monoisotopic (exact) mass is 283 g/mol. The standard InChI is InChI=1S/C17H37N3/c1-7-17(5,13-18-15(3)4)14-19(6)16-9-11-20(8-2)12-10-16/h15-16,18H,7-14H2,1-6H3. The molecule has 0 aromatic heterocycles. The van der Waals surface area contributed by atoms with Crippen LogP contribution in [0.5, 0.6) is 0 Å². The fraction of sp³-hybridized carbons (Fsp3) is 1.00. The van der Waals surface area contributed by atoms with Gasteiger partial charge in [0.15, 0.2) is 0 Å². The minimum absolute atomic E-state index is 0.390. The molecule has 1 rings (SSSR count).